The van der Waals surface area contributed by atoms with E-state index in [1.165, 1.54) is 12.1 Å². The molecular formula is C25H19Cl2NO3. The van der Waals surface area contributed by atoms with Crippen LogP contribution in [-0.4, -0.2) is 11.1 Å². The Balaban J connectivity index is 1.64. The molecule has 0 spiro atoms. The maximum atomic E-state index is 11.3. The lowest BCUT2D eigenvalue weighted by Gasteiger charge is -2.16. The highest BCUT2D eigenvalue weighted by Gasteiger charge is 2.12. The van der Waals surface area contributed by atoms with Crippen molar-refractivity contribution in [3.63, 3.8) is 0 Å². The molecule has 0 aliphatic carbocycles. The SMILES string of the molecule is O=C(O)c1ccc(Cl)c(NCc2c(OCc3cccc(Cl)c3)ccc3ccccc23)c1. The standard InChI is InChI=1S/C25H19Cl2NO3/c26-19-6-3-4-16(12-19)15-31-24-11-9-17-5-1-2-7-20(17)21(24)14-28-23-13-18(25(29)30)8-10-22(23)27/h1-13,28H,14-15H2,(H,29,30). The maximum Gasteiger partial charge on any atom is 0.335 e. The smallest absolute Gasteiger partial charge is 0.335 e. The summed E-state index contributed by atoms with van der Waals surface area (Å²) in [5.74, 6) is -0.271. The molecule has 4 rings (SSSR count). The summed E-state index contributed by atoms with van der Waals surface area (Å²) in [6.07, 6.45) is 0. The third kappa shape index (κ3) is 4.93. The van der Waals surface area contributed by atoms with Gasteiger partial charge in [0.1, 0.15) is 12.4 Å². The van der Waals surface area contributed by atoms with Gasteiger partial charge in [0.2, 0.25) is 0 Å². The Kier molecular flexibility index (Phi) is 6.31. The van der Waals surface area contributed by atoms with Crippen LogP contribution in [0.3, 0.4) is 0 Å². The molecule has 0 atom stereocenters. The van der Waals surface area contributed by atoms with E-state index in [1.54, 1.807) is 6.07 Å². The van der Waals surface area contributed by atoms with Gasteiger partial charge in [0.25, 0.3) is 0 Å². The number of hydrogen-bond acceptors (Lipinski definition) is 3. The number of benzene rings is 4. The summed E-state index contributed by atoms with van der Waals surface area (Å²) in [4.78, 5) is 11.3. The van der Waals surface area contributed by atoms with E-state index in [1.807, 2.05) is 60.7 Å². The Bertz CT molecular complexity index is 1260. The van der Waals surface area contributed by atoms with Gasteiger partial charge in [-0.15, -0.1) is 0 Å². The predicted octanol–water partition coefficient (Wildman–Crippen LogP) is 7.04. The number of ether oxygens (including phenoxy) is 1. The van der Waals surface area contributed by atoms with Gasteiger partial charge in [-0.2, -0.15) is 0 Å². The molecule has 0 amide bonds. The minimum Gasteiger partial charge on any atom is -0.489 e. The molecule has 2 N–H and O–H groups in total. The van der Waals surface area contributed by atoms with Gasteiger partial charge in [-0.05, 0) is 52.7 Å². The number of carbonyl (C=O) groups is 1. The number of anilines is 1. The molecule has 4 aromatic rings. The average Bonchev–Trinajstić information content (AvgIpc) is 2.77. The molecule has 4 nitrogen and oxygen atoms in total. The van der Waals surface area contributed by atoms with Gasteiger partial charge < -0.3 is 15.2 Å². The van der Waals surface area contributed by atoms with E-state index in [0.717, 1.165) is 27.6 Å². The van der Waals surface area contributed by atoms with Crippen molar-refractivity contribution in [3.05, 3.63) is 106 Å². The number of aromatic carboxylic acids is 1. The number of hydrogen-bond donors (Lipinski definition) is 2. The minimum atomic E-state index is -1.00. The normalized spacial score (nSPS) is 10.8. The molecule has 0 fully saturated rings. The van der Waals surface area contributed by atoms with E-state index in [-0.39, 0.29) is 5.56 Å². The van der Waals surface area contributed by atoms with Crippen molar-refractivity contribution < 1.29 is 14.6 Å². The van der Waals surface area contributed by atoms with Gasteiger partial charge in [-0.25, -0.2) is 4.79 Å². The van der Waals surface area contributed by atoms with Crippen LogP contribution in [0.2, 0.25) is 10.0 Å². The van der Waals surface area contributed by atoms with E-state index >= 15 is 0 Å². The van der Waals surface area contributed by atoms with E-state index < -0.39 is 5.97 Å². The molecule has 0 saturated carbocycles. The number of rotatable bonds is 7. The zero-order valence-corrected chi connectivity index (χ0v) is 18.0. The van der Waals surface area contributed by atoms with Crippen LogP contribution in [0.15, 0.2) is 78.9 Å². The van der Waals surface area contributed by atoms with Gasteiger partial charge >= 0.3 is 5.97 Å². The number of carboxylic acids is 1. The van der Waals surface area contributed by atoms with Crippen LogP contribution in [0, 0.1) is 0 Å². The maximum absolute atomic E-state index is 11.3. The molecular weight excluding hydrogens is 433 g/mol. The molecule has 0 saturated heterocycles. The van der Waals surface area contributed by atoms with Crippen LogP contribution in [0.4, 0.5) is 5.69 Å². The first-order valence-corrected chi connectivity index (χ1v) is 10.4. The first-order valence-electron chi connectivity index (χ1n) is 9.66. The fraction of sp³-hybridized carbons (Fsp3) is 0.0800. The van der Waals surface area contributed by atoms with Crippen molar-refractivity contribution in [2.24, 2.45) is 0 Å². The van der Waals surface area contributed by atoms with Gasteiger partial charge in [0.05, 0.1) is 16.3 Å². The van der Waals surface area contributed by atoms with E-state index in [0.29, 0.717) is 28.9 Å². The van der Waals surface area contributed by atoms with Crippen molar-refractivity contribution in [2.75, 3.05) is 5.32 Å². The molecule has 156 valence electrons. The van der Waals surface area contributed by atoms with Crippen LogP contribution in [0.5, 0.6) is 5.75 Å². The molecule has 6 heteroatoms. The zero-order chi connectivity index (χ0) is 21.8. The molecule has 0 heterocycles. The summed E-state index contributed by atoms with van der Waals surface area (Å²) < 4.78 is 6.14. The third-order valence-electron chi connectivity index (χ3n) is 4.95. The van der Waals surface area contributed by atoms with Crippen molar-refractivity contribution >= 4 is 45.6 Å². The van der Waals surface area contributed by atoms with Gasteiger partial charge in [0, 0.05) is 17.1 Å². The van der Waals surface area contributed by atoms with Gasteiger partial charge in [0.15, 0.2) is 0 Å². The summed E-state index contributed by atoms with van der Waals surface area (Å²) in [6.45, 7) is 0.788. The molecule has 0 aliphatic heterocycles. The molecule has 0 unspecified atom stereocenters. The molecule has 0 radical (unpaired) electrons. The fourth-order valence-electron chi connectivity index (χ4n) is 3.40. The van der Waals surface area contributed by atoms with Crippen LogP contribution in [0.25, 0.3) is 10.8 Å². The summed E-state index contributed by atoms with van der Waals surface area (Å²) in [6, 6.07) is 24.1. The largest absolute Gasteiger partial charge is 0.489 e. The lowest BCUT2D eigenvalue weighted by molar-refractivity contribution is 0.0697. The van der Waals surface area contributed by atoms with Crippen molar-refractivity contribution in [1.82, 2.24) is 0 Å². The van der Waals surface area contributed by atoms with Crippen LogP contribution in [-0.2, 0) is 13.2 Å². The van der Waals surface area contributed by atoms with Gasteiger partial charge in [-0.3, -0.25) is 0 Å². The molecule has 0 aromatic heterocycles. The second-order valence-corrected chi connectivity index (χ2v) is 7.88. The predicted molar refractivity (Wildman–Crippen MR) is 125 cm³/mol. The van der Waals surface area contributed by atoms with Crippen LogP contribution < -0.4 is 10.1 Å². The fourth-order valence-corrected chi connectivity index (χ4v) is 3.80. The Morgan fingerprint density at radius 3 is 2.58 bits per heavy atom. The van der Waals surface area contributed by atoms with E-state index in [9.17, 15) is 9.90 Å². The van der Waals surface area contributed by atoms with Crippen molar-refractivity contribution in [2.45, 2.75) is 13.2 Å². The molecule has 0 bridgehead atoms. The Morgan fingerprint density at radius 1 is 0.935 bits per heavy atom. The lowest BCUT2D eigenvalue weighted by Crippen LogP contribution is -2.06. The topological polar surface area (TPSA) is 58.6 Å². The third-order valence-corrected chi connectivity index (χ3v) is 5.51. The molecule has 31 heavy (non-hydrogen) atoms. The highest BCUT2D eigenvalue weighted by molar-refractivity contribution is 6.33. The summed E-state index contributed by atoms with van der Waals surface area (Å²) >= 11 is 12.4. The highest BCUT2D eigenvalue weighted by Crippen LogP contribution is 2.31. The Morgan fingerprint density at radius 2 is 1.77 bits per heavy atom. The van der Waals surface area contributed by atoms with Crippen LogP contribution >= 0.6 is 23.2 Å². The minimum absolute atomic E-state index is 0.169. The second-order valence-electron chi connectivity index (χ2n) is 7.04. The number of nitrogens with one attached hydrogen (secondary N) is 1. The summed E-state index contributed by atoms with van der Waals surface area (Å²) in [7, 11) is 0. The Hall–Kier alpha value is -3.21. The quantitative estimate of drug-likeness (QED) is 0.316. The first-order chi connectivity index (χ1) is 15.0. The Labute approximate surface area is 190 Å². The zero-order valence-electron chi connectivity index (χ0n) is 16.4. The summed E-state index contributed by atoms with van der Waals surface area (Å²) in [5, 5.41) is 15.8. The number of fused-ring (bicyclic) bond motifs is 1. The number of carboxylic acid groups (broad SMARTS) is 1. The molecule has 0 aliphatic rings. The average molecular weight is 452 g/mol. The van der Waals surface area contributed by atoms with Gasteiger partial charge in [-0.1, -0.05) is 65.7 Å². The van der Waals surface area contributed by atoms with E-state index in [4.69, 9.17) is 27.9 Å². The second kappa shape index (κ2) is 9.29. The van der Waals surface area contributed by atoms with Crippen molar-refractivity contribution in [3.8, 4) is 5.75 Å². The van der Waals surface area contributed by atoms with E-state index in [2.05, 4.69) is 5.32 Å². The monoisotopic (exact) mass is 451 g/mol. The lowest BCUT2D eigenvalue weighted by atomic mass is 10.0. The first kappa shape index (κ1) is 21.0. The molecule has 4 aromatic carbocycles. The van der Waals surface area contributed by atoms with Crippen molar-refractivity contribution in [1.29, 1.82) is 0 Å². The number of halogens is 2. The van der Waals surface area contributed by atoms with Crippen LogP contribution in [0.1, 0.15) is 21.5 Å². The highest BCUT2D eigenvalue weighted by atomic mass is 35.5. The summed E-state index contributed by atoms with van der Waals surface area (Å²) in [5.41, 5.74) is 2.64.